The fourth-order valence-corrected chi connectivity index (χ4v) is 2.70. The second-order valence-electron chi connectivity index (χ2n) is 5.33. The minimum absolute atomic E-state index is 0.192. The van der Waals surface area contributed by atoms with Crippen molar-refractivity contribution in [3.63, 3.8) is 0 Å². The molecule has 23 heavy (non-hydrogen) atoms. The van der Waals surface area contributed by atoms with Gasteiger partial charge in [0.2, 0.25) is 0 Å². The lowest BCUT2D eigenvalue weighted by molar-refractivity contribution is -0.126. The molecule has 116 valence electrons. The molecule has 1 aliphatic rings. The minimum Gasteiger partial charge on any atom is -0.272 e. The van der Waals surface area contributed by atoms with Crippen LogP contribution in [0.15, 0.2) is 72.8 Å². The predicted octanol–water partition coefficient (Wildman–Crippen LogP) is 3.56. The van der Waals surface area contributed by atoms with Crippen molar-refractivity contribution in [2.24, 2.45) is 5.92 Å². The first-order valence-electron chi connectivity index (χ1n) is 7.63. The number of hydrogen-bond donors (Lipinski definition) is 0. The number of rotatable bonds is 4. The molecule has 1 saturated heterocycles. The Morgan fingerprint density at radius 3 is 1.65 bits per heavy atom. The number of benzene rings is 2. The van der Waals surface area contributed by atoms with Gasteiger partial charge in [0.25, 0.3) is 11.8 Å². The molecule has 4 heteroatoms. The van der Waals surface area contributed by atoms with Crippen molar-refractivity contribution in [3.05, 3.63) is 72.8 Å². The van der Waals surface area contributed by atoms with Crippen molar-refractivity contribution in [1.82, 2.24) is 0 Å². The first-order valence-corrected chi connectivity index (χ1v) is 7.63. The van der Waals surface area contributed by atoms with Crippen LogP contribution in [0.2, 0.25) is 0 Å². The van der Waals surface area contributed by atoms with Gasteiger partial charge >= 0.3 is 0 Å². The average molecular weight is 306 g/mol. The van der Waals surface area contributed by atoms with Crippen LogP contribution in [0.5, 0.6) is 0 Å². The van der Waals surface area contributed by atoms with E-state index in [0.717, 1.165) is 0 Å². The maximum Gasteiger partial charge on any atom is 0.259 e. The lowest BCUT2D eigenvalue weighted by atomic mass is 10.0. The van der Waals surface area contributed by atoms with Crippen molar-refractivity contribution in [3.8, 4) is 0 Å². The number of allylic oxidation sites excluding steroid dienone is 2. The van der Waals surface area contributed by atoms with Gasteiger partial charge in [0.1, 0.15) is 5.92 Å². The van der Waals surface area contributed by atoms with Gasteiger partial charge < -0.3 is 0 Å². The van der Waals surface area contributed by atoms with Crippen molar-refractivity contribution in [1.29, 1.82) is 0 Å². The van der Waals surface area contributed by atoms with E-state index < -0.39 is 5.92 Å². The van der Waals surface area contributed by atoms with Gasteiger partial charge in [-0.05, 0) is 37.6 Å². The number of anilines is 2. The summed E-state index contributed by atoms with van der Waals surface area (Å²) >= 11 is 0. The topological polar surface area (TPSA) is 40.6 Å². The maximum absolute atomic E-state index is 12.8. The molecule has 0 spiro atoms. The van der Waals surface area contributed by atoms with Crippen LogP contribution in [0, 0.1) is 5.92 Å². The van der Waals surface area contributed by atoms with E-state index >= 15 is 0 Å². The van der Waals surface area contributed by atoms with Crippen molar-refractivity contribution >= 4 is 23.2 Å². The van der Waals surface area contributed by atoms with Crippen LogP contribution in [0.3, 0.4) is 0 Å². The number of amides is 2. The maximum atomic E-state index is 12.8. The molecule has 0 N–H and O–H groups in total. The lowest BCUT2D eigenvalue weighted by Gasteiger charge is -2.27. The highest BCUT2D eigenvalue weighted by Crippen LogP contribution is 2.32. The summed E-state index contributed by atoms with van der Waals surface area (Å²) in [6.07, 6.45) is 4.14. The van der Waals surface area contributed by atoms with Crippen LogP contribution < -0.4 is 10.0 Å². The number of para-hydroxylation sites is 2. The molecule has 4 nitrogen and oxygen atoms in total. The van der Waals surface area contributed by atoms with Crippen LogP contribution in [0.25, 0.3) is 0 Å². The summed E-state index contributed by atoms with van der Waals surface area (Å²) in [6, 6.07) is 18.5. The lowest BCUT2D eigenvalue weighted by Crippen LogP contribution is -2.41. The molecule has 2 aromatic carbocycles. The molecule has 0 bridgehead atoms. The highest BCUT2D eigenvalue weighted by molar-refractivity contribution is 6.23. The Kier molecular flexibility index (Phi) is 4.24. The Hall–Kier alpha value is -2.88. The molecule has 0 aromatic heterocycles. The van der Waals surface area contributed by atoms with Crippen LogP contribution in [-0.2, 0) is 9.59 Å². The first-order chi connectivity index (χ1) is 11.2. The van der Waals surface area contributed by atoms with Gasteiger partial charge in [-0.15, -0.1) is 0 Å². The number of carbonyl (C=O) groups excluding carboxylic acids is 2. The second-order valence-corrected chi connectivity index (χ2v) is 5.33. The van der Waals surface area contributed by atoms with E-state index in [-0.39, 0.29) is 11.8 Å². The zero-order chi connectivity index (χ0) is 16.2. The molecular formula is C19H18N2O2. The third-order valence-corrected chi connectivity index (χ3v) is 3.82. The third-order valence-electron chi connectivity index (χ3n) is 3.82. The summed E-state index contributed by atoms with van der Waals surface area (Å²) in [4.78, 5) is 25.7. The van der Waals surface area contributed by atoms with Gasteiger partial charge in [-0.2, -0.15) is 0 Å². The highest BCUT2D eigenvalue weighted by atomic mass is 16.2. The standard InChI is InChI=1S/C19H18N2O2/c1-2-3-14-17-18(22)20(15-10-6-4-7-11-15)21(19(17)23)16-12-8-5-9-13-16/h2-13,17H,14H2,1H3. The van der Waals surface area contributed by atoms with Crippen molar-refractivity contribution in [2.45, 2.75) is 13.3 Å². The molecule has 1 heterocycles. The Labute approximate surface area is 135 Å². The summed E-state index contributed by atoms with van der Waals surface area (Å²) in [5.41, 5.74) is 1.38. The van der Waals surface area contributed by atoms with Gasteiger partial charge in [0, 0.05) is 0 Å². The molecule has 0 aliphatic carbocycles. The van der Waals surface area contributed by atoms with Crippen LogP contribution in [0.4, 0.5) is 11.4 Å². The summed E-state index contributed by atoms with van der Waals surface area (Å²) in [6.45, 7) is 1.88. The van der Waals surface area contributed by atoms with Crippen LogP contribution >= 0.6 is 0 Å². The number of nitrogens with zero attached hydrogens (tertiary/aromatic N) is 2. The quantitative estimate of drug-likeness (QED) is 0.640. The number of hydrogen-bond acceptors (Lipinski definition) is 2. The van der Waals surface area contributed by atoms with Crippen molar-refractivity contribution in [2.75, 3.05) is 10.0 Å². The molecule has 3 rings (SSSR count). The molecular weight excluding hydrogens is 288 g/mol. The Bertz CT molecular complexity index is 668. The van der Waals surface area contributed by atoms with Gasteiger partial charge in [-0.3, -0.25) is 9.59 Å². The largest absolute Gasteiger partial charge is 0.272 e. The molecule has 0 saturated carbocycles. The predicted molar refractivity (Wildman–Crippen MR) is 90.8 cm³/mol. The SMILES string of the molecule is CC=CCC1C(=O)N(c2ccccc2)N(c2ccccc2)C1=O. The van der Waals surface area contributed by atoms with E-state index in [2.05, 4.69) is 0 Å². The third kappa shape index (κ3) is 2.75. The van der Waals surface area contributed by atoms with Gasteiger partial charge in [-0.1, -0.05) is 48.6 Å². The molecule has 0 radical (unpaired) electrons. The zero-order valence-electron chi connectivity index (χ0n) is 12.9. The molecule has 0 atom stereocenters. The van der Waals surface area contributed by atoms with E-state index in [1.165, 1.54) is 10.0 Å². The van der Waals surface area contributed by atoms with E-state index in [1.54, 1.807) is 0 Å². The van der Waals surface area contributed by atoms with E-state index in [0.29, 0.717) is 17.8 Å². The molecule has 1 aliphatic heterocycles. The fourth-order valence-electron chi connectivity index (χ4n) is 2.70. The van der Waals surface area contributed by atoms with Gasteiger partial charge in [0.05, 0.1) is 11.4 Å². The molecule has 2 amide bonds. The molecule has 0 unspecified atom stereocenters. The van der Waals surface area contributed by atoms with Gasteiger partial charge in [0.15, 0.2) is 0 Å². The van der Waals surface area contributed by atoms with Gasteiger partial charge in [-0.25, -0.2) is 10.0 Å². The average Bonchev–Trinajstić information content (AvgIpc) is 2.85. The molecule has 1 fully saturated rings. The summed E-state index contributed by atoms with van der Waals surface area (Å²) in [5.74, 6) is -1.06. The summed E-state index contributed by atoms with van der Waals surface area (Å²) in [5, 5.41) is 2.96. The summed E-state index contributed by atoms with van der Waals surface area (Å²) < 4.78 is 0. The van der Waals surface area contributed by atoms with E-state index in [1.807, 2.05) is 79.7 Å². The summed E-state index contributed by atoms with van der Waals surface area (Å²) in [7, 11) is 0. The zero-order valence-corrected chi connectivity index (χ0v) is 12.9. The Balaban J connectivity index is 2.06. The van der Waals surface area contributed by atoms with Crippen LogP contribution in [-0.4, -0.2) is 11.8 Å². The number of carbonyl (C=O) groups is 2. The number of hydrazine groups is 1. The van der Waals surface area contributed by atoms with E-state index in [4.69, 9.17) is 0 Å². The molecule has 2 aromatic rings. The monoisotopic (exact) mass is 306 g/mol. The van der Waals surface area contributed by atoms with Crippen molar-refractivity contribution < 1.29 is 9.59 Å². The normalized spacial score (nSPS) is 15.9. The smallest absolute Gasteiger partial charge is 0.259 e. The first kappa shape index (κ1) is 15.0. The van der Waals surface area contributed by atoms with E-state index in [9.17, 15) is 9.59 Å². The van der Waals surface area contributed by atoms with Crippen LogP contribution in [0.1, 0.15) is 13.3 Å². The highest BCUT2D eigenvalue weighted by Gasteiger charge is 2.46. The Morgan fingerprint density at radius 1 is 0.826 bits per heavy atom. The Morgan fingerprint density at radius 2 is 1.26 bits per heavy atom. The minimum atomic E-state index is -0.674. The second kappa shape index (κ2) is 6.48. The fraction of sp³-hybridized carbons (Fsp3) is 0.158.